The molecule has 1 N–H and O–H groups in total. The molecule has 2 aromatic carbocycles. The van der Waals surface area contributed by atoms with Gasteiger partial charge >= 0.3 is 6.03 Å². The zero-order valence-corrected chi connectivity index (χ0v) is 18.5. The van der Waals surface area contributed by atoms with Gasteiger partial charge in [-0.25, -0.2) is 4.79 Å². The van der Waals surface area contributed by atoms with E-state index in [4.69, 9.17) is 4.74 Å². The number of hydrogen-bond donors (Lipinski definition) is 1. The Bertz CT molecular complexity index is 976. The summed E-state index contributed by atoms with van der Waals surface area (Å²) in [6.45, 7) is 6.23. The van der Waals surface area contributed by atoms with E-state index < -0.39 is 17.5 Å². The van der Waals surface area contributed by atoms with Crippen molar-refractivity contribution in [1.29, 1.82) is 0 Å². The smallest absolute Gasteiger partial charge is 0.325 e. The van der Waals surface area contributed by atoms with Crippen LogP contribution in [0.1, 0.15) is 37.0 Å². The quantitative estimate of drug-likeness (QED) is 0.662. The molecule has 3 rings (SSSR count). The number of amides is 4. The zero-order valence-electron chi connectivity index (χ0n) is 18.5. The normalized spacial score (nSPS) is 18.1. The van der Waals surface area contributed by atoms with Crippen LogP contribution in [0.2, 0.25) is 0 Å². The molecule has 0 aromatic heterocycles. The number of likely N-dealkylation sites (N-methyl/N-ethyl adjacent to an activating group) is 1. The summed E-state index contributed by atoms with van der Waals surface area (Å²) in [5.74, 6) is 0.0275. The highest BCUT2D eigenvalue weighted by Gasteiger charge is 2.52. The fourth-order valence-corrected chi connectivity index (χ4v) is 3.97. The molecule has 0 radical (unpaired) electrons. The summed E-state index contributed by atoms with van der Waals surface area (Å²) in [6, 6.07) is 14.5. The lowest BCUT2D eigenvalue weighted by Crippen LogP contribution is -2.45. The van der Waals surface area contributed by atoms with Gasteiger partial charge in [0.2, 0.25) is 5.91 Å². The zero-order chi connectivity index (χ0) is 22.6. The minimum absolute atomic E-state index is 0.271. The second-order valence-electron chi connectivity index (χ2n) is 7.66. The third-order valence-electron chi connectivity index (χ3n) is 5.84. The maximum absolute atomic E-state index is 13.4. The molecule has 164 valence electrons. The number of carbonyl (C=O) groups is 3. The Balaban J connectivity index is 1.81. The van der Waals surface area contributed by atoms with E-state index in [1.807, 2.05) is 57.2 Å². The Morgan fingerprint density at radius 1 is 1.13 bits per heavy atom. The number of nitrogens with zero attached hydrogens (tertiary/aromatic N) is 2. The number of benzene rings is 2. The fraction of sp³-hybridized carbons (Fsp3) is 0.375. The van der Waals surface area contributed by atoms with E-state index in [1.54, 1.807) is 24.1 Å². The van der Waals surface area contributed by atoms with E-state index in [-0.39, 0.29) is 12.5 Å². The predicted molar refractivity (Wildman–Crippen MR) is 117 cm³/mol. The van der Waals surface area contributed by atoms with E-state index in [9.17, 15) is 14.4 Å². The molecular weight excluding hydrogens is 394 g/mol. The Labute approximate surface area is 183 Å². The summed E-state index contributed by atoms with van der Waals surface area (Å²) in [4.78, 5) is 41.7. The Hall–Kier alpha value is -3.35. The maximum Gasteiger partial charge on any atom is 0.325 e. The summed E-state index contributed by atoms with van der Waals surface area (Å²) in [6.07, 6.45) is 0.371. The van der Waals surface area contributed by atoms with Gasteiger partial charge in [-0.1, -0.05) is 43.3 Å². The van der Waals surface area contributed by atoms with Gasteiger partial charge in [-0.3, -0.25) is 14.5 Å². The van der Waals surface area contributed by atoms with Crippen molar-refractivity contribution in [3.8, 4) is 5.75 Å². The molecule has 0 aliphatic carbocycles. The topological polar surface area (TPSA) is 79.0 Å². The molecule has 0 spiro atoms. The summed E-state index contributed by atoms with van der Waals surface area (Å²) in [5, 5.41) is 2.84. The molecule has 1 heterocycles. The maximum atomic E-state index is 13.4. The van der Waals surface area contributed by atoms with Crippen LogP contribution < -0.4 is 10.1 Å². The second-order valence-corrected chi connectivity index (χ2v) is 7.66. The largest absolute Gasteiger partial charge is 0.496 e. The van der Waals surface area contributed by atoms with Crippen LogP contribution in [0.4, 0.5) is 4.79 Å². The van der Waals surface area contributed by atoms with Crippen LogP contribution in [-0.4, -0.2) is 47.8 Å². The van der Waals surface area contributed by atoms with Gasteiger partial charge in [-0.05, 0) is 49.1 Å². The molecule has 4 amide bonds. The monoisotopic (exact) mass is 423 g/mol. The number of rotatable bonds is 8. The van der Waals surface area contributed by atoms with Gasteiger partial charge in [0.25, 0.3) is 5.91 Å². The number of methoxy groups -OCH3 is 1. The SMILES string of the molecule is CCN(Cc1ccccc1)C(=O)CN1C(=O)NC(CC)(c2ccc(OC)c(C)c2)C1=O. The Morgan fingerprint density at radius 3 is 2.42 bits per heavy atom. The molecule has 31 heavy (non-hydrogen) atoms. The number of urea groups is 1. The third kappa shape index (κ3) is 4.26. The van der Waals surface area contributed by atoms with Crippen LogP contribution in [-0.2, 0) is 21.7 Å². The molecule has 1 atom stereocenters. The minimum atomic E-state index is -1.19. The molecule has 7 nitrogen and oxygen atoms in total. The average Bonchev–Trinajstić information content (AvgIpc) is 3.03. The molecule has 1 saturated heterocycles. The lowest BCUT2D eigenvalue weighted by atomic mass is 9.86. The first-order chi connectivity index (χ1) is 14.9. The number of aryl methyl sites for hydroxylation is 1. The average molecular weight is 424 g/mol. The van der Waals surface area contributed by atoms with Crippen molar-refractivity contribution in [2.45, 2.75) is 39.3 Å². The van der Waals surface area contributed by atoms with E-state index >= 15 is 0 Å². The second kappa shape index (κ2) is 9.20. The minimum Gasteiger partial charge on any atom is -0.496 e. The van der Waals surface area contributed by atoms with Gasteiger partial charge in [0.05, 0.1) is 7.11 Å². The van der Waals surface area contributed by atoms with Gasteiger partial charge in [0, 0.05) is 13.1 Å². The fourth-order valence-electron chi connectivity index (χ4n) is 3.97. The van der Waals surface area contributed by atoms with Gasteiger partial charge in [-0.15, -0.1) is 0 Å². The van der Waals surface area contributed by atoms with Crippen molar-refractivity contribution >= 4 is 17.8 Å². The van der Waals surface area contributed by atoms with Gasteiger partial charge < -0.3 is 15.0 Å². The number of nitrogens with one attached hydrogen (secondary N) is 1. The van der Waals surface area contributed by atoms with Crippen LogP contribution in [0.25, 0.3) is 0 Å². The molecule has 1 aliphatic heterocycles. The summed E-state index contributed by atoms with van der Waals surface area (Å²) < 4.78 is 5.31. The predicted octanol–water partition coefficient (Wildman–Crippen LogP) is 3.21. The van der Waals surface area contributed by atoms with E-state index in [0.29, 0.717) is 30.8 Å². The molecular formula is C24H29N3O4. The summed E-state index contributed by atoms with van der Waals surface area (Å²) >= 11 is 0. The number of carbonyl (C=O) groups excluding carboxylic acids is 3. The molecule has 0 bridgehead atoms. The van der Waals surface area contributed by atoms with Crippen molar-refractivity contribution in [3.63, 3.8) is 0 Å². The molecule has 1 unspecified atom stereocenters. The van der Waals surface area contributed by atoms with E-state index in [2.05, 4.69) is 5.32 Å². The van der Waals surface area contributed by atoms with Gasteiger partial charge in [-0.2, -0.15) is 0 Å². The lowest BCUT2D eigenvalue weighted by molar-refractivity contribution is -0.139. The van der Waals surface area contributed by atoms with Crippen LogP contribution in [0.15, 0.2) is 48.5 Å². The number of ether oxygens (including phenoxy) is 1. The first-order valence-electron chi connectivity index (χ1n) is 10.5. The highest BCUT2D eigenvalue weighted by molar-refractivity contribution is 6.09. The number of imide groups is 1. The highest BCUT2D eigenvalue weighted by atomic mass is 16.5. The highest BCUT2D eigenvalue weighted by Crippen LogP contribution is 2.34. The van der Waals surface area contributed by atoms with Gasteiger partial charge in [0.15, 0.2) is 0 Å². The van der Waals surface area contributed by atoms with Crippen LogP contribution in [0, 0.1) is 6.92 Å². The molecule has 0 saturated carbocycles. The molecule has 1 fully saturated rings. The Morgan fingerprint density at radius 2 is 1.84 bits per heavy atom. The molecule has 7 heteroatoms. The molecule has 2 aromatic rings. The first kappa shape index (κ1) is 22.3. The van der Waals surface area contributed by atoms with E-state index in [1.165, 1.54) is 0 Å². The summed E-state index contributed by atoms with van der Waals surface area (Å²) in [5.41, 5.74) is 1.35. The standard InChI is InChI=1S/C24H29N3O4/c1-5-24(19-12-13-20(31-4)17(3)14-19)22(29)27(23(30)25-24)16-21(28)26(6-2)15-18-10-8-7-9-11-18/h7-14H,5-6,15-16H2,1-4H3,(H,25,30). The van der Waals surface area contributed by atoms with Crippen LogP contribution >= 0.6 is 0 Å². The van der Waals surface area contributed by atoms with Crippen LogP contribution in [0.5, 0.6) is 5.75 Å². The first-order valence-corrected chi connectivity index (χ1v) is 10.5. The number of hydrogen-bond acceptors (Lipinski definition) is 4. The van der Waals surface area contributed by atoms with Crippen molar-refractivity contribution in [2.24, 2.45) is 0 Å². The van der Waals surface area contributed by atoms with E-state index in [0.717, 1.165) is 16.0 Å². The summed E-state index contributed by atoms with van der Waals surface area (Å²) in [7, 11) is 1.59. The molecule has 1 aliphatic rings. The van der Waals surface area contributed by atoms with Crippen molar-refractivity contribution < 1.29 is 19.1 Å². The van der Waals surface area contributed by atoms with Crippen LogP contribution in [0.3, 0.4) is 0 Å². The van der Waals surface area contributed by atoms with Gasteiger partial charge in [0.1, 0.15) is 17.8 Å². The van der Waals surface area contributed by atoms with Crippen molar-refractivity contribution in [2.75, 3.05) is 20.2 Å². The van der Waals surface area contributed by atoms with Crippen molar-refractivity contribution in [1.82, 2.24) is 15.1 Å². The third-order valence-corrected chi connectivity index (χ3v) is 5.84. The Kier molecular flexibility index (Phi) is 6.63. The van der Waals surface area contributed by atoms with Crippen molar-refractivity contribution in [3.05, 3.63) is 65.2 Å². The lowest BCUT2D eigenvalue weighted by Gasteiger charge is -2.27.